The third kappa shape index (κ3) is 4.57. The third-order valence-corrected chi connectivity index (χ3v) is 2.34. The summed E-state index contributed by atoms with van der Waals surface area (Å²) in [6.45, 7) is 5.60. The first-order chi connectivity index (χ1) is 7.79. The van der Waals surface area contributed by atoms with Crippen molar-refractivity contribution in [1.82, 2.24) is 5.32 Å². The van der Waals surface area contributed by atoms with Crippen LogP contribution in [0.4, 0.5) is 0 Å². The lowest BCUT2D eigenvalue weighted by atomic mass is 10.1. The van der Waals surface area contributed by atoms with Gasteiger partial charge in [-0.15, -0.1) is 0 Å². The molecular weight excluding hydrogens is 238 g/mol. The summed E-state index contributed by atoms with van der Waals surface area (Å²) in [5.74, 6) is -0.556. The van der Waals surface area contributed by atoms with Gasteiger partial charge in [-0.2, -0.15) is 0 Å². The molecule has 17 heavy (non-hydrogen) atoms. The Kier molecular flexibility index (Phi) is 4.29. The number of rotatable bonds is 3. The molecule has 0 fully saturated rings. The quantitative estimate of drug-likeness (QED) is 0.665. The van der Waals surface area contributed by atoms with E-state index in [2.05, 4.69) is 5.32 Å². The zero-order chi connectivity index (χ0) is 13.1. The molecule has 0 aliphatic rings. The lowest BCUT2D eigenvalue weighted by molar-refractivity contribution is -0.121. The highest BCUT2D eigenvalue weighted by Gasteiger charge is 2.18. The SMILES string of the molecule is CC(C)(C)NC(=O)CC(=O)c1ccccc1Cl. The first-order valence-electron chi connectivity index (χ1n) is 5.38. The minimum absolute atomic E-state index is 0.180. The predicted octanol–water partition coefficient (Wildman–Crippen LogP) is 2.83. The molecule has 0 aromatic heterocycles. The molecule has 0 spiro atoms. The van der Waals surface area contributed by atoms with Crippen LogP contribution in [0.5, 0.6) is 0 Å². The van der Waals surface area contributed by atoms with E-state index in [0.717, 1.165) is 0 Å². The van der Waals surface area contributed by atoms with Crippen LogP contribution in [0.25, 0.3) is 0 Å². The molecule has 3 nitrogen and oxygen atoms in total. The van der Waals surface area contributed by atoms with Crippen molar-refractivity contribution in [3.63, 3.8) is 0 Å². The Labute approximate surface area is 106 Å². The van der Waals surface area contributed by atoms with E-state index in [4.69, 9.17) is 11.6 Å². The maximum Gasteiger partial charge on any atom is 0.228 e. The number of Topliss-reactive ketones (excluding diaryl/α,β-unsaturated/α-hetero) is 1. The van der Waals surface area contributed by atoms with Gasteiger partial charge in [-0.05, 0) is 32.9 Å². The molecule has 0 unspecified atom stereocenters. The van der Waals surface area contributed by atoms with Gasteiger partial charge in [0.1, 0.15) is 0 Å². The molecular formula is C13H16ClNO2. The van der Waals surface area contributed by atoms with Crippen molar-refractivity contribution in [2.24, 2.45) is 0 Å². The maximum atomic E-state index is 11.8. The second-order valence-electron chi connectivity index (χ2n) is 4.88. The van der Waals surface area contributed by atoms with Crippen molar-refractivity contribution < 1.29 is 9.59 Å². The summed E-state index contributed by atoms with van der Waals surface area (Å²) in [5.41, 5.74) is 0.0518. The number of hydrogen-bond acceptors (Lipinski definition) is 2. The van der Waals surface area contributed by atoms with Crippen molar-refractivity contribution in [3.8, 4) is 0 Å². The molecule has 0 atom stereocenters. The zero-order valence-electron chi connectivity index (χ0n) is 10.2. The van der Waals surface area contributed by atoms with E-state index in [1.807, 2.05) is 20.8 Å². The van der Waals surface area contributed by atoms with Crippen LogP contribution in [0, 0.1) is 0 Å². The van der Waals surface area contributed by atoms with Crippen LogP contribution in [-0.2, 0) is 4.79 Å². The summed E-state index contributed by atoms with van der Waals surface area (Å²) in [6, 6.07) is 6.72. The zero-order valence-corrected chi connectivity index (χ0v) is 11.0. The van der Waals surface area contributed by atoms with Gasteiger partial charge in [0.05, 0.1) is 11.4 Å². The average Bonchev–Trinajstić information content (AvgIpc) is 2.14. The molecule has 92 valence electrons. The molecule has 0 aliphatic carbocycles. The summed E-state index contributed by atoms with van der Waals surface area (Å²) >= 11 is 5.88. The number of nitrogens with one attached hydrogen (secondary N) is 1. The van der Waals surface area contributed by atoms with Gasteiger partial charge < -0.3 is 5.32 Å². The fraction of sp³-hybridized carbons (Fsp3) is 0.385. The number of carbonyl (C=O) groups is 2. The van der Waals surface area contributed by atoms with E-state index in [1.165, 1.54) is 0 Å². The molecule has 0 saturated heterocycles. The Morgan fingerprint density at radius 3 is 2.35 bits per heavy atom. The maximum absolute atomic E-state index is 11.8. The smallest absolute Gasteiger partial charge is 0.228 e. The summed E-state index contributed by atoms with van der Waals surface area (Å²) < 4.78 is 0. The van der Waals surface area contributed by atoms with Crippen LogP contribution in [-0.4, -0.2) is 17.2 Å². The molecule has 0 saturated carbocycles. The number of amides is 1. The standard InChI is InChI=1S/C13H16ClNO2/c1-13(2,3)15-12(17)8-11(16)9-6-4-5-7-10(9)14/h4-7H,8H2,1-3H3,(H,15,17). The fourth-order valence-corrected chi connectivity index (χ4v) is 1.63. The molecule has 1 N–H and O–H groups in total. The van der Waals surface area contributed by atoms with Gasteiger partial charge in [-0.3, -0.25) is 9.59 Å². The normalized spacial score (nSPS) is 11.1. The van der Waals surface area contributed by atoms with Crippen molar-refractivity contribution in [2.75, 3.05) is 0 Å². The minimum Gasteiger partial charge on any atom is -0.351 e. The molecule has 4 heteroatoms. The Hall–Kier alpha value is -1.35. The second kappa shape index (κ2) is 5.32. The molecule has 0 radical (unpaired) electrons. The topological polar surface area (TPSA) is 46.2 Å². The summed E-state index contributed by atoms with van der Waals surface area (Å²) in [6.07, 6.45) is -0.180. The molecule has 0 heterocycles. The van der Waals surface area contributed by atoms with Gasteiger partial charge in [0.25, 0.3) is 0 Å². The van der Waals surface area contributed by atoms with Gasteiger partial charge >= 0.3 is 0 Å². The highest BCUT2D eigenvalue weighted by molar-refractivity contribution is 6.34. The Balaban J connectivity index is 2.68. The molecule has 1 amide bonds. The molecule has 1 aromatic carbocycles. The summed E-state index contributed by atoms with van der Waals surface area (Å²) in [4.78, 5) is 23.4. The lowest BCUT2D eigenvalue weighted by Gasteiger charge is -2.20. The monoisotopic (exact) mass is 253 g/mol. The van der Waals surface area contributed by atoms with Crippen LogP contribution in [0.1, 0.15) is 37.6 Å². The van der Waals surface area contributed by atoms with Crippen molar-refractivity contribution in [3.05, 3.63) is 34.9 Å². The van der Waals surface area contributed by atoms with Gasteiger partial charge in [-0.1, -0.05) is 23.7 Å². The number of ketones is 1. The van der Waals surface area contributed by atoms with Gasteiger partial charge in [0, 0.05) is 11.1 Å². The largest absolute Gasteiger partial charge is 0.351 e. The minimum atomic E-state index is -0.335. The van der Waals surface area contributed by atoms with E-state index < -0.39 is 0 Å². The molecule has 0 aliphatic heterocycles. The van der Waals surface area contributed by atoms with E-state index in [1.54, 1.807) is 24.3 Å². The third-order valence-electron chi connectivity index (χ3n) is 2.01. The Morgan fingerprint density at radius 2 is 1.82 bits per heavy atom. The first kappa shape index (κ1) is 13.7. The number of carbonyl (C=O) groups excluding carboxylic acids is 2. The van der Waals surface area contributed by atoms with Crippen LogP contribution in [0.2, 0.25) is 5.02 Å². The molecule has 0 bridgehead atoms. The second-order valence-corrected chi connectivity index (χ2v) is 5.29. The number of hydrogen-bond donors (Lipinski definition) is 1. The highest BCUT2D eigenvalue weighted by Crippen LogP contribution is 2.16. The van der Waals surface area contributed by atoms with Gasteiger partial charge in [0.2, 0.25) is 5.91 Å². The number of benzene rings is 1. The molecule has 1 rings (SSSR count). The van der Waals surface area contributed by atoms with Crippen LogP contribution in [0.15, 0.2) is 24.3 Å². The fourth-order valence-electron chi connectivity index (χ4n) is 1.39. The van der Waals surface area contributed by atoms with Crippen molar-refractivity contribution in [1.29, 1.82) is 0 Å². The number of halogens is 1. The Morgan fingerprint density at radius 1 is 1.24 bits per heavy atom. The van der Waals surface area contributed by atoms with E-state index >= 15 is 0 Å². The lowest BCUT2D eigenvalue weighted by Crippen LogP contribution is -2.41. The van der Waals surface area contributed by atoms with Crippen LogP contribution in [0.3, 0.4) is 0 Å². The van der Waals surface area contributed by atoms with Crippen molar-refractivity contribution in [2.45, 2.75) is 32.7 Å². The van der Waals surface area contributed by atoms with Gasteiger partial charge in [-0.25, -0.2) is 0 Å². The van der Waals surface area contributed by atoms with Crippen molar-refractivity contribution >= 4 is 23.3 Å². The van der Waals surface area contributed by atoms with E-state index in [-0.39, 0.29) is 23.7 Å². The Bertz CT molecular complexity index is 435. The van der Waals surface area contributed by atoms with Gasteiger partial charge in [0.15, 0.2) is 5.78 Å². The summed E-state index contributed by atoms with van der Waals surface area (Å²) in [7, 11) is 0. The van der Waals surface area contributed by atoms with Crippen LogP contribution < -0.4 is 5.32 Å². The first-order valence-corrected chi connectivity index (χ1v) is 5.76. The van der Waals surface area contributed by atoms with Crippen LogP contribution >= 0.6 is 11.6 Å². The average molecular weight is 254 g/mol. The summed E-state index contributed by atoms with van der Waals surface area (Å²) in [5, 5.41) is 3.11. The van der Waals surface area contributed by atoms with E-state index in [0.29, 0.717) is 10.6 Å². The van der Waals surface area contributed by atoms with E-state index in [9.17, 15) is 9.59 Å². The highest BCUT2D eigenvalue weighted by atomic mass is 35.5. The molecule has 1 aromatic rings. The predicted molar refractivity (Wildman–Crippen MR) is 68.3 cm³/mol.